The van der Waals surface area contributed by atoms with Crippen LogP contribution in [0.2, 0.25) is 0 Å². The van der Waals surface area contributed by atoms with Crippen molar-refractivity contribution in [2.75, 3.05) is 0 Å². The highest BCUT2D eigenvalue weighted by Crippen LogP contribution is 2.35. The molecular weight excluding hydrogens is 268 g/mol. The number of dihydropyridines is 1. The van der Waals surface area contributed by atoms with Crippen molar-refractivity contribution < 1.29 is 4.42 Å². The third kappa shape index (κ3) is 2.24. The molecular formula is C16H12N2OS. The van der Waals surface area contributed by atoms with Gasteiger partial charge < -0.3 is 9.73 Å². The number of nitrogens with zero attached hydrogens (tertiary/aromatic N) is 1. The van der Waals surface area contributed by atoms with Gasteiger partial charge in [0.2, 0.25) is 0 Å². The summed E-state index contributed by atoms with van der Waals surface area (Å²) in [6.45, 7) is 0. The van der Waals surface area contributed by atoms with Crippen molar-refractivity contribution in [2.24, 2.45) is 0 Å². The molecule has 3 nitrogen and oxygen atoms in total. The quantitative estimate of drug-likeness (QED) is 0.825. The van der Waals surface area contributed by atoms with Gasteiger partial charge in [-0.3, -0.25) is 0 Å². The number of hydrogen-bond acceptors (Lipinski definition) is 4. The SMILES string of the molecule is N#CC1=C(S)NC(c2ccccc2)=C[C@@H]1c1ccco1. The zero-order valence-electron chi connectivity index (χ0n) is 10.6. The molecule has 0 spiro atoms. The standard InChI is InChI=1S/C16H12N2OS/c17-10-13-12(15-7-4-8-19-15)9-14(18-16(13)20)11-5-2-1-3-6-11/h1-9,12,18,20H/t12-/m0/s1. The number of rotatable bonds is 2. The normalized spacial score (nSPS) is 18.2. The number of nitriles is 1. The second kappa shape index (κ2) is 5.32. The molecule has 1 aromatic carbocycles. The molecule has 0 amide bonds. The largest absolute Gasteiger partial charge is 0.468 e. The smallest absolute Gasteiger partial charge is 0.115 e. The van der Waals surface area contributed by atoms with Gasteiger partial charge in [0, 0.05) is 5.70 Å². The lowest BCUT2D eigenvalue weighted by atomic mass is 9.93. The van der Waals surface area contributed by atoms with Gasteiger partial charge in [-0.2, -0.15) is 5.26 Å². The molecule has 0 saturated heterocycles. The predicted molar refractivity (Wildman–Crippen MR) is 80.6 cm³/mol. The highest BCUT2D eigenvalue weighted by atomic mass is 32.1. The molecule has 2 aromatic rings. The van der Waals surface area contributed by atoms with E-state index in [1.54, 1.807) is 6.26 Å². The Morgan fingerprint density at radius 1 is 1.15 bits per heavy atom. The Morgan fingerprint density at radius 3 is 2.60 bits per heavy atom. The molecule has 0 saturated carbocycles. The maximum absolute atomic E-state index is 9.32. The first-order valence-corrected chi connectivity index (χ1v) is 6.65. The first-order chi connectivity index (χ1) is 9.79. The lowest BCUT2D eigenvalue weighted by Crippen LogP contribution is -2.18. The van der Waals surface area contributed by atoms with Crippen molar-refractivity contribution >= 4 is 18.3 Å². The van der Waals surface area contributed by atoms with Gasteiger partial charge in [-0.05, 0) is 23.8 Å². The second-order valence-electron chi connectivity index (χ2n) is 4.44. The van der Waals surface area contributed by atoms with E-state index < -0.39 is 0 Å². The van der Waals surface area contributed by atoms with Gasteiger partial charge in [0.25, 0.3) is 0 Å². The van der Waals surface area contributed by atoms with Crippen LogP contribution in [0.15, 0.2) is 69.8 Å². The number of benzene rings is 1. The molecule has 20 heavy (non-hydrogen) atoms. The van der Waals surface area contributed by atoms with Crippen LogP contribution in [-0.2, 0) is 0 Å². The van der Waals surface area contributed by atoms with E-state index in [1.807, 2.05) is 48.5 Å². The number of nitrogens with one attached hydrogen (secondary N) is 1. The van der Waals surface area contributed by atoms with Crippen LogP contribution in [0.5, 0.6) is 0 Å². The Hall–Kier alpha value is -2.38. The Morgan fingerprint density at radius 2 is 1.95 bits per heavy atom. The van der Waals surface area contributed by atoms with Crippen molar-refractivity contribution in [3.05, 3.63) is 76.7 Å². The van der Waals surface area contributed by atoms with Crippen LogP contribution in [0.1, 0.15) is 17.2 Å². The van der Waals surface area contributed by atoms with Crippen LogP contribution in [-0.4, -0.2) is 0 Å². The van der Waals surface area contributed by atoms with Crippen LogP contribution in [0, 0.1) is 11.3 Å². The zero-order valence-corrected chi connectivity index (χ0v) is 11.5. The first kappa shape index (κ1) is 12.6. The first-order valence-electron chi connectivity index (χ1n) is 6.20. The third-order valence-electron chi connectivity index (χ3n) is 3.21. The maximum Gasteiger partial charge on any atom is 0.115 e. The number of allylic oxidation sites excluding steroid dienone is 2. The number of furan rings is 1. The molecule has 4 heteroatoms. The monoisotopic (exact) mass is 280 g/mol. The lowest BCUT2D eigenvalue weighted by molar-refractivity contribution is 0.505. The van der Waals surface area contributed by atoms with Crippen LogP contribution >= 0.6 is 12.6 Å². The van der Waals surface area contributed by atoms with Crippen molar-refractivity contribution in [3.63, 3.8) is 0 Å². The molecule has 0 aliphatic carbocycles. The van der Waals surface area contributed by atoms with E-state index in [0.717, 1.165) is 17.0 Å². The molecule has 0 radical (unpaired) electrons. The predicted octanol–water partition coefficient (Wildman–Crippen LogP) is 3.67. The minimum Gasteiger partial charge on any atom is -0.468 e. The summed E-state index contributed by atoms with van der Waals surface area (Å²) >= 11 is 4.40. The molecule has 1 atom stereocenters. The molecule has 1 N–H and O–H groups in total. The van der Waals surface area contributed by atoms with E-state index in [2.05, 4.69) is 24.0 Å². The molecule has 0 fully saturated rings. The fourth-order valence-corrected chi connectivity index (χ4v) is 2.54. The average Bonchev–Trinajstić information content (AvgIpc) is 3.01. The van der Waals surface area contributed by atoms with E-state index in [1.165, 1.54) is 0 Å². The van der Waals surface area contributed by atoms with Gasteiger partial charge in [0.15, 0.2) is 0 Å². The molecule has 2 heterocycles. The summed E-state index contributed by atoms with van der Waals surface area (Å²) in [4.78, 5) is 0. The minimum atomic E-state index is -0.209. The van der Waals surface area contributed by atoms with Gasteiger partial charge in [-0.1, -0.05) is 30.3 Å². The summed E-state index contributed by atoms with van der Waals surface area (Å²) < 4.78 is 5.45. The van der Waals surface area contributed by atoms with E-state index in [0.29, 0.717) is 10.6 Å². The van der Waals surface area contributed by atoms with E-state index in [4.69, 9.17) is 4.42 Å². The van der Waals surface area contributed by atoms with Crippen molar-refractivity contribution in [1.29, 1.82) is 5.26 Å². The molecule has 1 aliphatic rings. The Labute approximate surface area is 122 Å². The third-order valence-corrected chi connectivity index (χ3v) is 3.56. The summed E-state index contributed by atoms with van der Waals surface area (Å²) in [6.07, 6.45) is 3.60. The van der Waals surface area contributed by atoms with E-state index in [-0.39, 0.29) is 5.92 Å². The summed E-state index contributed by atoms with van der Waals surface area (Å²) in [7, 11) is 0. The second-order valence-corrected chi connectivity index (χ2v) is 4.89. The van der Waals surface area contributed by atoms with Crippen LogP contribution in [0.3, 0.4) is 0 Å². The topological polar surface area (TPSA) is 49.0 Å². The average molecular weight is 280 g/mol. The molecule has 98 valence electrons. The number of hydrogen-bond donors (Lipinski definition) is 2. The van der Waals surface area contributed by atoms with Crippen LogP contribution in [0.25, 0.3) is 5.70 Å². The molecule has 0 unspecified atom stereocenters. The Kier molecular flexibility index (Phi) is 3.36. The van der Waals surface area contributed by atoms with Crippen LogP contribution in [0.4, 0.5) is 0 Å². The fraction of sp³-hybridized carbons (Fsp3) is 0.0625. The number of thiol groups is 1. The highest BCUT2D eigenvalue weighted by Gasteiger charge is 2.25. The van der Waals surface area contributed by atoms with Crippen molar-refractivity contribution in [3.8, 4) is 6.07 Å². The maximum atomic E-state index is 9.32. The molecule has 0 bridgehead atoms. The fourth-order valence-electron chi connectivity index (χ4n) is 2.24. The van der Waals surface area contributed by atoms with E-state index in [9.17, 15) is 5.26 Å². The van der Waals surface area contributed by atoms with Crippen molar-refractivity contribution in [1.82, 2.24) is 5.32 Å². The van der Waals surface area contributed by atoms with Gasteiger partial charge in [-0.15, -0.1) is 12.6 Å². The van der Waals surface area contributed by atoms with Crippen LogP contribution < -0.4 is 5.32 Å². The van der Waals surface area contributed by atoms with Gasteiger partial charge in [0.05, 0.1) is 28.9 Å². The lowest BCUT2D eigenvalue weighted by Gasteiger charge is -2.22. The van der Waals surface area contributed by atoms with Crippen molar-refractivity contribution in [2.45, 2.75) is 5.92 Å². The minimum absolute atomic E-state index is 0.209. The highest BCUT2D eigenvalue weighted by molar-refractivity contribution is 7.84. The summed E-state index contributed by atoms with van der Waals surface area (Å²) in [5, 5.41) is 13.1. The Bertz CT molecular complexity index is 709. The summed E-state index contributed by atoms with van der Waals surface area (Å²) in [5.41, 5.74) is 2.53. The summed E-state index contributed by atoms with van der Waals surface area (Å²) in [5.74, 6) is 0.530. The molecule has 3 rings (SSSR count). The summed E-state index contributed by atoms with van der Waals surface area (Å²) in [6, 6.07) is 15.8. The van der Waals surface area contributed by atoms with Gasteiger partial charge in [0.1, 0.15) is 5.76 Å². The zero-order chi connectivity index (χ0) is 13.9. The van der Waals surface area contributed by atoms with Gasteiger partial charge >= 0.3 is 0 Å². The Balaban J connectivity index is 2.06. The van der Waals surface area contributed by atoms with Gasteiger partial charge in [-0.25, -0.2) is 0 Å². The molecule has 1 aromatic heterocycles. The molecule has 1 aliphatic heterocycles. The van der Waals surface area contributed by atoms with E-state index >= 15 is 0 Å².